The topological polar surface area (TPSA) is 38.3 Å². The zero-order valence-corrected chi connectivity index (χ0v) is 13.8. The smallest absolute Gasteiger partial charge is 0.418 e. The number of carbonyl (C=O) groups is 1. The third-order valence-corrected chi connectivity index (χ3v) is 3.55. The second kappa shape index (κ2) is 7.74. The van der Waals surface area contributed by atoms with Crippen LogP contribution in [0.4, 0.5) is 23.2 Å². The van der Waals surface area contributed by atoms with Crippen molar-refractivity contribution in [3.63, 3.8) is 0 Å². The fraction of sp³-hybridized carbons (Fsp3) is 0.235. The molecule has 0 unspecified atom stereocenters. The zero-order valence-electron chi connectivity index (χ0n) is 13.0. The molecular formula is C17H14ClF4NO2. The van der Waals surface area contributed by atoms with E-state index < -0.39 is 35.3 Å². The van der Waals surface area contributed by atoms with Crippen LogP contribution in [0.5, 0.6) is 5.75 Å². The summed E-state index contributed by atoms with van der Waals surface area (Å²) in [4.78, 5) is 12.3. The number of amides is 1. The van der Waals surface area contributed by atoms with Gasteiger partial charge in [-0.15, -0.1) is 0 Å². The molecule has 2 aromatic carbocycles. The normalized spacial score (nSPS) is 12.6. The van der Waals surface area contributed by atoms with Gasteiger partial charge in [-0.3, -0.25) is 4.79 Å². The van der Waals surface area contributed by atoms with E-state index in [0.29, 0.717) is 0 Å². The number of benzene rings is 2. The molecular weight excluding hydrogens is 362 g/mol. The first-order chi connectivity index (χ1) is 11.7. The maximum absolute atomic E-state index is 13.6. The summed E-state index contributed by atoms with van der Waals surface area (Å²) in [5, 5.41) is 2.06. The highest BCUT2D eigenvalue weighted by molar-refractivity contribution is 6.30. The molecule has 25 heavy (non-hydrogen) atoms. The van der Waals surface area contributed by atoms with Crippen LogP contribution in [-0.4, -0.2) is 12.0 Å². The van der Waals surface area contributed by atoms with E-state index in [0.717, 1.165) is 18.2 Å². The van der Waals surface area contributed by atoms with Crippen molar-refractivity contribution in [2.24, 2.45) is 0 Å². The minimum atomic E-state index is -4.69. The fourth-order valence-corrected chi connectivity index (χ4v) is 2.26. The summed E-state index contributed by atoms with van der Waals surface area (Å²) in [6.45, 7) is 1.59. The first kappa shape index (κ1) is 19.1. The quantitative estimate of drug-likeness (QED) is 0.721. The molecule has 0 aliphatic heterocycles. The Hall–Kier alpha value is -2.28. The number of alkyl halides is 3. The van der Waals surface area contributed by atoms with Gasteiger partial charge in [-0.05, 0) is 36.8 Å². The molecule has 0 radical (unpaired) electrons. The molecule has 3 nitrogen and oxygen atoms in total. The van der Waals surface area contributed by atoms with Crippen LogP contribution >= 0.6 is 11.6 Å². The van der Waals surface area contributed by atoms with E-state index in [-0.39, 0.29) is 17.2 Å². The average molecular weight is 376 g/mol. The van der Waals surface area contributed by atoms with Crippen LogP contribution in [0.2, 0.25) is 5.02 Å². The van der Waals surface area contributed by atoms with Gasteiger partial charge in [-0.2, -0.15) is 13.2 Å². The number of carbonyl (C=O) groups excluding carboxylic acids is 1. The fourth-order valence-electron chi connectivity index (χ4n) is 2.09. The van der Waals surface area contributed by atoms with Crippen LogP contribution < -0.4 is 10.1 Å². The summed E-state index contributed by atoms with van der Waals surface area (Å²) in [7, 11) is 0. The number of ether oxygens (including phenoxy) is 1. The number of anilines is 1. The predicted octanol–water partition coefficient (Wildman–Crippen LogP) is 5.29. The van der Waals surface area contributed by atoms with E-state index in [9.17, 15) is 22.4 Å². The number of rotatable bonds is 5. The van der Waals surface area contributed by atoms with Crippen LogP contribution in [0.3, 0.4) is 0 Å². The van der Waals surface area contributed by atoms with Crippen LogP contribution in [-0.2, 0) is 11.0 Å². The van der Waals surface area contributed by atoms with Gasteiger partial charge in [0, 0.05) is 5.02 Å². The summed E-state index contributed by atoms with van der Waals surface area (Å²) >= 11 is 5.59. The van der Waals surface area contributed by atoms with E-state index >= 15 is 0 Å². The molecule has 0 bridgehead atoms. The summed E-state index contributed by atoms with van der Waals surface area (Å²) in [5.41, 5.74) is -1.52. The lowest BCUT2D eigenvalue weighted by Gasteiger charge is -2.19. The molecule has 0 aliphatic rings. The van der Waals surface area contributed by atoms with Crippen LogP contribution in [0.25, 0.3) is 0 Å². The molecule has 1 atom stereocenters. The predicted molar refractivity (Wildman–Crippen MR) is 86.2 cm³/mol. The maximum atomic E-state index is 13.6. The molecule has 1 N–H and O–H groups in total. The van der Waals surface area contributed by atoms with Crippen LogP contribution in [0.15, 0.2) is 42.5 Å². The summed E-state index contributed by atoms with van der Waals surface area (Å²) in [6, 6.07) is 8.45. The van der Waals surface area contributed by atoms with Crippen molar-refractivity contribution >= 4 is 23.2 Å². The van der Waals surface area contributed by atoms with E-state index in [1.165, 1.54) is 24.3 Å². The van der Waals surface area contributed by atoms with Gasteiger partial charge < -0.3 is 10.1 Å². The molecule has 8 heteroatoms. The summed E-state index contributed by atoms with van der Waals surface area (Å²) < 4.78 is 58.1. The largest absolute Gasteiger partial charge is 0.478 e. The molecule has 0 aliphatic carbocycles. The van der Waals surface area contributed by atoms with E-state index in [1.807, 2.05) is 0 Å². The lowest BCUT2D eigenvalue weighted by Crippen LogP contribution is -2.33. The number of nitrogens with one attached hydrogen (secondary N) is 1. The first-order valence-electron chi connectivity index (χ1n) is 7.31. The lowest BCUT2D eigenvalue weighted by atomic mass is 10.1. The number of halogens is 5. The highest BCUT2D eigenvalue weighted by Gasteiger charge is 2.35. The maximum Gasteiger partial charge on any atom is 0.418 e. The lowest BCUT2D eigenvalue weighted by molar-refractivity contribution is -0.137. The first-order valence-corrected chi connectivity index (χ1v) is 7.69. The number of hydrogen-bond acceptors (Lipinski definition) is 2. The van der Waals surface area contributed by atoms with Crippen molar-refractivity contribution in [3.8, 4) is 5.75 Å². The minimum Gasteiger partial charge on any atom is -0.478 e. The van der Waals surface area contributed by atoms with Gasteiger partial charge >= 0.3 is 6.18 Å². The van der Waals surface area contributed by atoms with Gasteiger partial charge in [0.15, 0.2) is 17.7 Å². The van der Waals surface area contributed by atoms with Crippen LogP contribution in [0, 0.1) is 5.82 Å². The Morgan fingerprint density at radius 2 is 1.92 bits per heavy atom. The van der Waals surface area contributed by atoms with E-state index in [1.54, 1.807) is 6.92 Å². The second-order valence-electron chi connectivity index (χ2n) is 5.12. The second-order valence-corrected chi connectivity index (χ2v) is 5.56. The van der Waals surface area contributed by atoms with Crippen molar-refractivity contribution in [2.75, 3.05) is 5.32 Å². The minimum absolute atomic E-state index is 0.111. The number of para-hydroxylation sites is 1. The molecule has 0 fully saturated rings. The van der Waals surface area contributed by atoms with Crippen molar-refractivity contribution in [3.05, 3.63) is 58.9 Å². The molecule has 0 aromatic heterocycles. The molecule has 2 rings (SSSR count). The number of hydrogen-bond donors (Lipinski definition) is 1. The zero-order chi connectivity index (χ0) is 18.6. The third-order valence-electron chi connectivity index (χ3n) is 3.31. The van der Waals surface area contributed by atoms with Gasteiger partial charge in [-0.1, -0.05) is 30.7 Å². The van der Waals surface area contributed by atoms with Crippen molar-refractivity contribution < 1.29 is 27.1 Å². The third kappa shape index (κ3) is 4.85. The van der Waals surface area contributed by atoms with E-state index in [4.69, 9.17) is 16.3 Å². The average Bonchev–Trinajstić information content (AvgIpc) is 2.54. The molecule has 0 heterocycles. The van der Waals surface area contributed by atoms with E-state index in [2.05, 4.69) is 5.32 Å². The SMILES string of the molecule is CC[C@H](Oc1ccccc1F)C(=O)Nc1ccc(Cl)cc1C(F)(F)F. The Bertz CT molecular complexity index is 765. The van der Waals surface area contributed by atoms with Gasteiger partial charge in [0.25, 0.3) is 5.91 Å². The van der Waals surface area contributed by atoms with Crippen molar-refractivity contribution in [1.82, 2.24) is 0 Å². The molecule has 2 aromatic rings. The monoisotopic (exact) mass is 375 g/mol. The Morgan fingerprint density at radius 1 is 1.24 bits per heavy atom. The molecule has 0 saturated heterocycles. The van der Waals surface area contributed by atoms with Crippen LogP contribution in [0.1, 0.15) is 18.9 Å². The van der Waals surface area contributed by atoms with Gasteiger partial charge in [0.05, 0.1) is 11.3 Å². The Balaban J connectivity index is 2.22. The van der Waals surface area contributed by atoms with Crippen molar-refractivity contribution in [1.29, 1.82) is 0 Å². The molecule has 134 valence electrons. The Labute approximate surface area is 146 Å². The van der Waals surface area contributed by atoms with Gasteiger partial charge in [0.1, 0.15) is 0 Å². The molecule has 1 amide bonds. The van der Waals surface area contributed by atoms with Gasteiger partial charge in [-0.25, -0.2) is 4.39 Å². The molecule has 0 saturated carbocycles. The molecule has 0 spiro atoms. The highest BCUT2D eigenvalue weighted by Crippen LogP contribution is 2.36. The highest BCUT2D eigenvalue weighted by atomic mass is 35.5. The van der Waals surface area contributed by atoms with Crippen molar-refractivity contribution in [2.45, 2.75) is 25.6 Å². The summed E-state index contributed by atoms with van der Waals surface area (Å²) in [5.74, 6) is -1.65. The standard InChI is InChI=1S/C17H14ClF4NO2/c1-2-14(25-15-6-4-3-5-12(15)19)16(24)23-13-8-7-10(18)9-11(13)17(20,21)22/h3-9,14H,2H2,1H3,(H,23,24)/t14-/m0/s1. The summed E-state index contributed by atoms with van der Waals surface area (Å²) in [6.07, 6.45) is -5.72. The Morgan fingerprint density at radius 3 is 2.52 bits per heavy atom. The Kier molecular flexibility index (Phi) is 5.89. The van der Waals surface area contributed by atoms with Gasteiger partial charge in [0.2, 0.25) is 0 Å².